The van der Waals surface area contributed by atoms with Gasteiger partial charge in [-0.1, -0.05) is 20.8 Å². The lowest BCUT2D eigenvalue weighted by atomic mass is 9.88. The Hall–Kier alpha value is -2.23. The van der Waals surface area contributed by atoms with E-state index in [1.165, 1.54) is 12.1 Å². The van der Waals surface area contributed by atoms with E-state index >= 15 is 0 Å². The van der Waals surface area contributed by atoms with Gasteiger partial charge in [0, 0.05) is 5.69 Å². The van der Waals surface area contributed by atoms with E-state index in [4.69, 9.17) is 5.26 Å². The highest BCUT2D eigenvalue weighted by Crippen LogP contribution is 2.29. The first-order valence-electron chi connectivity index (χ1n) is 6.71. The summed E-state index contributed by atoms with van der Waals surface area (Å²) < 4.78 is 37.5. The minimum absolute atomic E-state index is 0.0923. The van der Waals surface area contributed by atoms with Gasteiger partial charge in [-0.25, -0.2) is 4.99 Å². The second kappa shape index (κ2) is 6.69. The van der Waals surface area contributed by atoms with E-state index in [2.05, 4.69) is 15.6 Å². The number of nitrogens with zero attached hydrogens (tertiary/aromatic N) is 2. The second-order valence-corrected chi connectivity index (χ2v) is 5.96. The first-order valence-corrected chi connectivity index (χ1v) is 6.71. The Balaban J connectivity index is 2.93. The normalized spacial score (nSPS) is 14.2. The number of aliphatic imine (C=N–C) groups is 1. The van der Waals surface area contributed by atoms with Crippen LogP contribution in [0.3, 0.4) is 0 Å². The number of alkyl halides is 3. The van der Waals surface area contributed by atoms with Crippen molar-refractivity contribution in [2.24, 2.45) is 10.4 Å². The molecule has 22 heavy (non-hydrogen) atoms. The van der Waals surface area contributed by atoms with Crippen LogP contribution in [0.25, 0.3) is 0 Å². The minimum Gasteiger partial charge on any atom is -0.326 e. The van der Waals surface area contributed by atoms with Crippen LogP contribution in [0.5, 0.6) is 0 Å². The average Bonchev–Trinajstić information content (AvgIpc) is 2.37. The Kier molecular flexibility index (Phi) is 5.42. The molecule has 0 bridgehead atoms. The molecule has 0 saturated carbocycles. The van der Waals surface area contributed by atoms with Gasteiger partial charge in [0.2, 0.25) is 5.96 Å². The fourth-order valence-electron chi connectivity index (χ4n) is 1.42. The molecule has 1 aromatic carbocycles. The smallest absolute Gasteiger partial charge is 0.326 e. The number of nitrogens with one attached hydrogen (secondary N) is 2. The zero-order valence-electron chi connectivity index (χ0n) is 12.9. The van der Waals surface area contributed by atoms with Crippen LogP contribution < -0.4 is 10.6 Å². The van der Waals surface area contributed by atoms with Gasteiger partial charge in [0.1, 0.15) is 0 Å². The highest BCUT2D eigenvalue weighted by atomic mass is 19.4. The maximum Gasteiger partial charge on any atom is 0.416 e. The van der Waals surface area contributed by atoms with E-state index in [-0.39, 0.29) is 17.4 Å². The van der Waals surface area contributed by atoms with Crippen molar-refractivity contribution < 1.29 is 13.2 Å². The molecule has 4 nitrogen and oxygen atoms in total. The average molecular weight is 312 g/mol. The Morgan fingerprint density at radius 1 is 1.18 bits per heavy atom. The van der Waals surface area contributed by atoms with Gasteiger partial charge in [-0.2, -0.15) is 18.4 Å². The van der Waals surface area contributed by atoms with E-state index in [9.17, 15) is 13.2 Å². The van der Waals surface area contributed by atoms with E-state index in [1.807, 2.05) is 27.7 Å². The second-order valence-electron chi connectivity index (χ2n) is 5.96. The number of hydrogen-bond acceptors (Lipinski definition) is 2. The molecule has 0 aliphatic heterocycles. The molecule has 0 aromatic heterocycles. The lowest BCUT2D eigenvalue weighted by molar-refractivity contribution is -0.137. The van der Waals surface area contributed by atoms with Crippen LogP contribution in [0.15, 0.2) is 29.3 Å². The summed E-state index contributed by atoms with van der Waals surface area (Å²) in [5.74, 6) is 0.199. The van der Waals surface area contributed by atoms with Crippen LogP contribution in [0, 0.1) is 16.9 Å². The molecular formula is C15H19F3N4. The van der Waals surface area contributed by atoms with Gasteiger partial charge in [-0.05, 0) is 36.6 Å². The SMILES string of the molecule is CC(/N=C(\NC#N)Nc1ccc(C(F)(F)F)cc1)C(C)(C)C. The van der Waals surface area contributed by atoms with Gasteiger partial charge in [0.25, 0.3) is 0 Å². The Morgan fingerprint density at radius 3 is 2.14 bits per heavy atom. The Morgan fingerprint density at radius 2 is 1.73 bits per heavy atom. The largest absolute Gasteiger partial charge is 0.416 e. The Labute approximate surface area is 128 Å². The standard InChI is InChI=1S/C15H19F3N4/c1-10(14(2,3)4)21-13(20-9-19)22-12-7-5-11(6-8-12)15(16,17)18/h5-8,10H,1-4H3,(H2,20,21,22). The van der Waals surface area contributed by atoms with Crippen LogP contribution in [0.2, 0.25) is 0 Å². The molecule has 0 amide bonds. The van der Waals surface area contributed by atoms with E-state index < -0.39 is 11.7 Å². The van der Waals surface area contributed by atoms with Crippen LogP contribution in [-0.4, -0.2) is 12.0 Å². The van der Waals surface area contributed by atoms with Crippen molar-refractivity contribution in [3.05, 3.63) is 29.8 Å². The summed E-state index contributed by atoms with van der Waals surface area (Å²) in [7, 11) is 0. The molecule has 2 N–H and O–H groups in total. The van der Waals surface area contributed by atoms with E-state index in [0.29, 0.717) is 5.69 Å². The van der Waals surface area contributed by atoms with Gasteiger partial charge in [-0.15, -0.1) is 0 Å². The molecule has 1 rings (SSSR count). The quantitative estimate of drug-likeness (QED) is 0.376. The molecule has 1 aromatic rings. The van der Waals surface area contributed by atoms with E-state index in [1.54, 1.807) is 6.19 Å². The molecular weight excluding hydrogens is 293 g/mol. The summed E-state index contributed by atoms with van der Waals surface area (Å²) in [6, 6.07) is 4.43. The molecule has 0 aliphatic rings. The van der Waals surface area contributed by atoms with Crippen molar-refractivity contribution >= 4 is 11.6 Å². The van der Waals surface area contributed by atoms with Crippen molar-refractivity contribution in [1.29, 1.82) is 5.26 Å². The molecule has 0 spiro atoms. The van der Waals surface area contributed by atoms with Gasteiger partial charge in [0.05, 0.1) is 11.6 Å². The number of nitriles is 1. The number of benzene rings is 1. The van der Waals surface area contributed by atoms with Gasteiger partial charge < -0.3 is 5.32 Å². The molecule has 1 atom stereocenters. The topological polar surface area (TPSA) is 60.2 Å². The first-order chi connectivity index (χ1) is 10.0. The number of halogens is 3. The first kappa shape index (κ1) is 17.8. The zero-order chi connectivity index (χ0) is 17.0. The number of anilines is 1. The summed E-state index contributed by atoms with van der Waals surface area (Å²) in [4.78, 5) is 4.35. The van der Waals surface area contributed by atoms with Crippen LogP contribution >= 0.6 is 0 Å². The maximum atomic E-state index is 12.5. The maximum absolute atomic E-state index is 12.5. The lowest BCUT2D eigenvalue weighted by Crippen LogP contribution is -2.31. The van der Waals surface area contributed by atoms with Crippen LogP contribution in [0.1, 0.15) is 33.3 Å². The molecule has 0 saturated heterocycles. The van der Waals surface area contributed by atoms with Crippen LogP contribution in [-0.2, 0) is 6.18 Å². The van der Waals surface area contributed by atoms with Crippen LogP contribution in [0.4, 0.5) is 18.9 Å². The fourth-order valence-corrected chi connectivity index (χ4v) is 1.42. The summed E-state index contributed by atoms with van der Waals surface area (Å²) in [6.45, 7) is 7.91. The molecule has 1 unspecified atom stereocenters. The van der Waals surface area contributed by atoms with Gasteiger partial charge >= 0.3 is 6.18 Å². The van der Waals surface area contributed by atoms with Gasteiger partial charge in [0.15, 0.2) is 6.19 Å². The highest BCUT2D eigenvalue weighted by molar-refractivity contribution is 5.94. The number of guanidine groups is 1. The zero-order valence-corrected chi connectivity index (χ0v) is 12.9. The van der Waals surface area contributed by atoms with Gasteiger partial charge in [-0.3, -0.25) is 5.32 Å². The third kappa shape index (κ3) is 5.28. The summed E-state index contributed by atoms with van der Waals surface area (Å²) in [6.07, 6.45) is -2.62. The van der Waals surface area contributed by atoms with E-state index in [0.717, 1.165) is 12.1 Å². The number of rotatable bonds is 2. The molecule has 120 valence electrons. The monoisotopic (exact) mass is 312 g/mol. The molecule has 7 heteroatoms. The molecule has 0 radical (unpaired) electrons. The summed E-state index contributed by atoms with van der Waals surface area (Å²) in [5.41, 5.74) is -0.423. The van der Waals surface area contributed by atoms with Crippen molar-refractivity contribution in [1.82, 2.24) is 5.32 Å². The van der Waals surface area contributed by atoms with Crippen molar-refractivity contribution in [3.63, 3.8) is 0 Å². The third-order valence-electron chi connectivity index (χ3n) is 3.23. The molecule has 0 fully saturated rings. The van der Waals surface area contributed by atoms with Crippen molar-refractivity contribution in [2.75, 3.05) is 5.32 Å². The van der Waals surface area contributed by atoms with Crippen molar-refractivity contribution in [2.45, 2.75) is 39.9 Å². The predicted molar refractivity (Wildman–Crippen MR) is 80.2 cm³/mol. The van der Waals surface area contributed by atoms with Crippen molar-refractivity contribution in [3.8, 4) is 6.19 Å². The number of hydrogen-bond donors (Lipinski definition) is 2. The minimum atomic E-state index is -4.37. The summed E-state index contributed by atoms with van der Waals surface area (Å²) >= 11 is 0. The Bertz CT molecular complexity index is 562. The third-order valence-corrected chi connectivity index (χ3v) is 3.23. The molecule has 0 heterocycles. The fraction of sp³-hybridized carbons (Fsp3) is 0.467. The predicted octanol–water partition coefficient (Wildman–Crippen LogP) is 3.98. The lowest BCUT2D eigenvalue weighted by Gasteiger charge is -2.24. The molecule has 0 aliphatic carbocycles. The summed E-state index contributed by atoms with van der Waals surface area (Å²) in [5, 5.41) is 14.0. The highest BCUT2D eigenvalue weighted by Gasteiger charge is 2.30.